The van der Waals surface area contributed by atoms with Crippen LogP contribution in [-0.4, -0.2) is 80.6 Å². The molecule has 45 heavy (non-hydrogen) atoms. The van der Waals surface area contributed by atoms with Gasteiger partial charge < -0.3 is 23.8 Å². The molecule has 0 heterocycles. The van der Waals surface area contributed by atoms with Crippen LogP contribution >= 0.6 is 0 Å². The molecule has 2 atom stereocenters. The molecule has 0 radical (unpaired) electrons. The van der Waals surface area contributed by atoms with Gasteiger partial charge in [0.15, 0.2) is 12.1 Å². The Morgan fingerprint density at radius 1 is 0.667 bits per heavy atom. The second-order valence-corrected chi connectivity index (χ2v) is 13.1. The third-order valence-electron chi connectivity index (χ3n) is 7.85. The third kappa shape index (κ3) is 27.8. The zero-order chi connectivity index (χ0) is 33.6. The third-order valence-corrected chi connectivity index (χ3v) is 7.85. The number of allylic oxidation sites excluding steroid dienone is 4. The van der Waals surface area contributed by atoms with Gasteiger partial charge in [0.2, 0.25) is 0 Å². The first-order valence-corrected chi connectivity index (χ1v) is 17.9. The van der Waals surface area contributed by atoms with Gasteiger partial charge in [-0.05, 0) is 38.5 Å². The highest BCUT2D eigenvalue weighted by Gasteiger charge is 2.31. The van der Waals surface area contributed by atoms with Crippen LogP contribution in [0, 0.1) is 0 Å². The van der Waals surface area contributed by atoms with E-state index in [2.05, 4.69) is 38.2 Å². The van der Waals surface area contributed by atoms with Gasteiger partial charge in [-0.15, -0.1) is 0 Å². The van der Waals surface area contributed by atoms with Crippen LogP contribution in [0.15, 0.2) is 24.3 Å². The maximum Gasteiger partial charge on any atom is 0.362 e. The largest absolute Gasteiger partial charge is 0.477 e. The van der Waals surface area contributed by atoms with Crippen molar-refractivity contribution in [2.75, 3.05) is 41.0 Å². The van der Waals surface area contributed by atoms with E-state index in [0.717, 1.165) is 64.2 Å². The highest BCUT2D eigenvalue weighted by atomic mass is 16.6. The van der Waals surface area contributed by atoms with Crippen molar-refractivity contribution in [3.8, 4) is 0 Å². The summed E-state index contributed by atoms with van der Waals surface area (Å²) in [5.74, 6) is -1.49. The quantitative estimate of drug-likeness (QED) is 0.0351. The van der Waals surface area contributed by atoms with Gasteiger partial charge in [0, 0.05) is 19.3 Å². The summed E-state index contributed by atoms with van der Waals surface area (Å²) in [6.07, 6.45) is 28.0. The first-order chi connectivity index (χ1) is 21.6. The lowest BCUT2D eigenvalue weighted by atomic mass is 10.1. The zero-order valence-corrected chi connectivity index (χ0v) is 29.6. The number of hydrogen-bond donors (Lipinski definition) is 1. The zero-order valence-electron chi connectivity index (χ0n) is 29.6. The molecule has 0 amide bonds. The van der Waals surface area contributed by atoms with Crippen molar-refractivity contribution in [3.63, 3.8) is 0 Å². The SMILES string of the molecule is CCCC/C=C\C/C=C\CCCCCCCC(=O)OC(COCCC(C(=O)O)[N+](C)(C)C)COC(=O)CCCCCCCCC. The van der Waals surface area contributed by atoms with Crippen LogP contribution in [0.5, 0.6) is 0 Å². The summed E-state index contributed by atoms with van der Waals surface area (Å²) in [5, 5.41) is 9.55. The van der Waals surface area contributed by atoms with Gasteiger partial charge in [-0.2, -0.15) is 0 Å². The Morgan fingerprint density at radius 2 is 1.20 bits per heavy atom. The van der Waals surface area contributed by atoms with Crippen molar-refractivity contribution in [2.45, 2.75) is 154 Å². The molecule has 0 aliphatic carbocycles. The average molecular weight is 639 g/mol. The van der Waals surface area contributed by atoms with Crippen LogP contribution in [-0.2, 0) is 28.6 Å². The van der Waals surface area contributed by atoms with Crippen molar-refractivity contribution in [1.82, 2.24) is 0 Å². The number of ether oxygens (including phenoxy) is 3. The molecule has 8 heteroatoms. The predicted molar refractivity (Wildman–Crippen MR) is 183 cm³/mol. The molecule has 0 saturated carbocycles. The summed E-state index contributed by atoms with van der Waals surface area (Å²) < 4.78 is 17.1. The molecule has 8 nitrogen and oxygen atoms in total. The van der Waals surface area contributed by atoms with Crippen LogP contribution in [0.1, 0.15) is 142 Å². The van der Waals surface area contributed by atoms with E-state index in [4.69, 9.17) is 14.2 Å². The number of carbonyl (C=O) groups is 3. The Kier molecular flexibility index (Phi) is 27.8. The standard InChI is InChI=1S/C37H67NO7/c1-6-8-10-12-14-15-16-17-18-19-20-22-24-26-28-36(40)45-33(31-43-30-29-34(37(41)42)38(3,4)5)32-44-35(39)27-25-23-21-13-11-9-7-2/h12,14,16-17,33-34H,6-11,13,15,18-32H2,1-5H3/p+1/b14-12-,17-16-. The Bertz CT molecular complexity index is 803. The molecule has 0 aromatic rings. The minimum Gasteiger partial charge on any atom is -0.477 e. The molecule has 0 spiro atoms. The van der Waals surface area contributed by atoms with Crippen molar-refractivity contribution in [1.29, 1.82) is 0 Å². The minimum atomic E-state index is -0.879. The summed E-state index contributed by atoms with van der Waals surface area (Å²) >= 11 is 0. The predicted octanol–water partition coefficient (Wildman–Crippen LogP) is 8.57. The molecule has 0 bridgehead atoms. The number of unbranched alkanes of at least 4 members (excludes halogenated alkanes) is 13. The molecule has 0 aliphatic rings. The lowest BCUT2D eigenvalue weighted by Crippen LogP contribution is -2.50. The number of aliphatic carboxylic acids is 1. The summed E-state index contributed by atoms with van der Waals surface area (Å²) in [7, 11) is 5.50. The number of carboxylic acid groups (broad SMARTS) is 1. The number of rotatable bonds is 31. The van der Waals surface area contributed by atoms with Crippen molar-refractivity contribution < 1.29 is 38.2 Å². The number of carboxylic acids is 1. The summed E-state index contributed by atoms with van der Waals surface area (Å²) in [6.45, 7) is 4.61. The topological polar surface area (TPSA) is 99.1 Å². The van der Waals surface area contributed by atoms with Gasteiger partial charge in [-0.1, -0.05) is 109 Å². The number of quaternary nitrogens is 1. The Morgan fingerprint density at radius 3 is 1.78 bits per heavy atom. The first-order valence-electron chi connectivity index (χ1n) is 17.9. The van der Waals surface area contributed by atoms with Gasteiger partial charge in [0.05, 0.1) is 34.4 Å². The number of hydrogen-bond acceptors (Lipinski definition) is 6. The molecule has 0 aromatic carbocycles. The highest BCUT2D eigenvalue weighted by molar-refractivity contribution is 5.72. The fourth-order valence-electron chi connectivity index (χ4n) is 4.99. The van der Waals surface area contributed by atoms with E-state index in [9.17, 15) is 19.5 Å². The van der Waals surface area contributed by atoms with Gasteiger partial charge >= 0.3 is 17.9 Å². The molecule has 262 valence electrons. The van der Waals surface area contributed by atoms with Gasteiger partial charge in [0.25, 0.3) is 0 Å². The van der Waals surface area contributed by atoms with E-state index < -0.39 is 18.1 Å². The second-order valence-electron chi connectivity index (χ2n) is 13.1. The molecule has 0 saturated heterocycles. The number of nitrogens with zero attached hydrogens (tertiary/aromatic N) is 1. The van der Waals surface area contributed by atoms with Crippen molar-refractivity contribution >= 4 is 17.9 Å². The fourth-order valence-corrected chi connectivity index (χ4v) is 4.99. The van der Waals surface area contributed by atoms with E-state index in [1.54, 1.807) is 0 Å². The van der Waals surface area contributed by atoms with Gasteiger partial charge in [-0.25, -0.2) is 4.79 Å². The van der Waals surface area contributed by atoms with Crippen molar-refractivity contribution in [3.05, 3.63) is 24.3 Å². The highest BCUT2D eigenvalue weighted by Crippen LogP contribution is 2.12. The average Bonchev–Trinajstić information content (AvgIpc) is 2.98. The molecule has 0 aromatic heterocycles. The van der Waals surface area contributed by atoms with E-state index in [-0.39, 0.29) is 36.2 Å². The smallest absolute Gasteiger partial charge is 0.362 e. The van der Waals surface area contributed by atoms with Crippen LogP contribution in [0.2, 0.25) is 0 Å². The Balaban J connectivity index is 4.45. The normalized spacial score (nSPS) is 13.4. The Labute approximate surface area is 275 Å². The molecule has 0 fully saturated rings. The van der Waals surface area contributed by atoms with Gasteiger partial charge in [-0.3, -0.25) is 9.59 Å². The summed E-state index contributed by atoms with van der Waals surface area (Å²) in [5.41, 5.74) is 0. The van der Waals surface area contributed by atoms with Crippen LogP contribution in [0.3, 0.4) is 0 Å². The van der Waals surface area contributed by atoms with Crippen molar-refractivity contribution in [2.24, 2.45) is 0 Å². The van der Waals surface area contributed by atoms with Gasteiger partial charge in [0.1, 0.15) is 6.61 Å². The fraction of sp³-hybridized carbons (Fsp3) is 0.811. The molecule has 0 aliphatic heterocycles. The monoisotopic (exact) mass is 638 g/mol. The maximum absolute atomic E-state index is 12.6. The molecular weight excluding hydrogens is 570 g/mol. The lowest BCUT2D eigenvalue weighted by Gasteiger charge is -2.31. The molecule has 0 rings (SSSR count). The van der Waals surface area contributed by atoms with E-state index in [1.807, 2.05) is 21.1 Å². The van der Waals surface area contributed by atoms with Crippen LogP contribution < -0.4 is 0 Å². The Hall–Kier alpha value is -2.19. The van der Waals surface area contributed by atoms with E-state index in [1.165, 1.54) is 44.9 Å². The number of carbonyl (C=O) groups excluding carboxylic acids is 2. The minimum absolute atomic E-state index is 0.0547. The van der Waals surface area contributed by atoms with Crippen LogP contribution in [0.25, 0.3) is 0 Å². The molecular formula is C37H68NO7+. The maximum atomic E-state index is 12.6. The summed E-state index contributed by atoms with van der Waals surface area (Å²) in [4.78, 5) is 36.5. The number of likely N-dealkylation sites (N-methyl/N-ethyl adjacent to an activating group) is 1. The van der Waals surface area contributed by atoms with E-state index in [0.29, 0.717) is 19.3 Å². The number of esters is 2. The second kappa shape index (κ2) is 29.2. The molecule has 1 N–H and O–H groups in total. The van der Waals surface area contributed by atoms with Crippen LogP contribution in [0.4, 0.5) is 0 Å². The first kappa shape index (κ1) is 42.8. The molecule has 2 unspecified atom stereocenters. The summed E-state index contributed by atoms with van der Waals surface area (Å²) in [6, 6.07) is -0.612. The van der Waals surface area contributed by atoms with E-state index >= 15 is 0 Å². The lowest BCUT2D eigenvalue weighted by molar-refractivity contribution is -0.887.